The molecule has 1 aliphatic heterocycles. The van der Waals surface area contributed by atoms with Gasteiger partial charge in [0.2, 0.25) is 5.91 Å². The van der Waals surface area contributed by atoms with E-state index in [1.54, 1.807) is 6.26 Å². The van der Waals surface area contributed by atoms with Crippen molar-refractivity contribution in [3.63, 3.8) is 0 Å². The van der Waals surface area contributed by atoms with Crippen LogP contribution in [0.1, 0.15) is 35.0 Å². The first-order chi connectivity index (χ1) is 13.5. The van der Waals surface area contributed by atoms with Crippen LogP contribution < -0.4 is 15.5 Å². The van der Waals surface area contributed by atoms with Gasteiger partial charge < -0.3 is 20.0 Å². The molecule has 2 amide bonds. The summed E-state index contributed by atoms with van der Waals surface area (Å²) in [6.45, 7) is 2.27. The summed E-state index contributed by atoms with van der Waals surface area (Å²) in [4.78, 5) is 35.9. The zero-order valence-electron chi connectivity index (χ0n) is 15.3. The summed E-state index contributed by atoms with van der Waals surface area (Å²) < 4.78 is 5.53. The number of nitro groups is 1. The van der Waals surface area contributed by atoms with Crippen LogP contribution in [0.3, 0.4) is 0 Å². The SMILES string of the molecule is O=C(CNC(=O)c1cccc([N+](=O)[O-])c1)NC[C@@H](c1ccco1)[NH+]1CCCC1. The van der Waals surface area contributed by atoms with E-state index in [1.807, 2.05) is 12.1 Å². The number of non-ortho nitro benzene ring substituents is 1. The number of hydrogen-bond acceptors (Lipinski definition) is 5. The molecule has 3 rings (SSSR count). The third kappa shape index (κ3) is 4.95. The van der Waals surface area contributed by atoms with Gasteiger partial charge in [0.1, 0.15) is 0 Å². The number of nitrogens with one attached hydrogen (secondary N) is 3. The second-order valence-corrected chi connectivity index (χ2v) is 6.73. The average Bonchev–Trinajstić information content (AvgIpc) is 3.41. The van der Waals surface area contributed by atoms with Gasteiger partial charge in [-0.25, -0.2) is 0 Å². The Kier molecular flexibility index (Phi) is 6.38. The van der Waals surface area contributed by atoms with E-state index in [4.69, 9.17) is 4.42 Å². The summed E-state index contributed by atoms with van der Waals surface area (Å²) in [6, 6.07) is 9.15. The largest absolute Gasteiger partial charge is 0.463 e. The van der Waals surface area contributed by atoms with E-state index in [0.717, 1.165) is 31.7 Å². The van der Waals surface area contributed by atoms with Crippen LogP contribution in [0.25, 0.3) is 0 Å². The maximum atomic E-state index is 12.2. The van der Waals surface area contributed by atoms with Crippen molar-refractivity contribution in [2.45, 2.75) is 18.9 Å². The van der Waals surface area contributed by atoms with Crippen molar-refractivity contribution >= 4 is 17.5 Å². The van der Waals surface area contributed by atoms with Crippen molar-refractivity contribution < 1.29 is 23.8 Å². The second-order valence-electron chi connectivity index (χ2n) is 6.73. The molecule has 1 atom stereocenters. The summed E-state index contributed by atoms with van der Waals surface area (Å²) in [6.07, 6.45) is 3.93. The number of carbonyl (C=O) groups excluding carboxylic acids is 2. The number of quaternary nitrogens is 1. The first kappa shape index (κ1) is 19.6. The zero-order chi connectivity index (χ0) is 19.9. The Labute approximate surface area is 161 Å². The maximum Gasteiger partial charge on any atom is 0.270 e. The van der Waals surface area contributed by atoms with Crippen LogP contribution in [-0.2, 0) is 4.79 Å². The molecule has 9 heteroatoms. The predicted octanol–water partition coefficient (Wildman–Crippen LogP) is 0.454. The van der Waals surface area contributed by atoms with Gasteiger partial charge in [0.05, 0.1) is 37.4 Å². The van der Waals surface area contributed by atoms with Crippen molar-refractivity contribution in [3.8, 4) is 0 Å². The molecule has 2 heterocycles. The molecule has 148 valence electrons. The predicted molar refractivity (Wildman–Crippen MR) is 99.8 cm³/mol. The van der Waals surface area contributed by atoms with Crippen LogP contribution in [0.2, 0.25) is 0 Å². The van der Waals surface area contributed by atoms with Gasteiger partial charge in [0, 0.05) is 30.5 Å². The topological polar surface area (TPSA) is 119 Å². The minimum Gasteiger partial charge on any atom is -0.463 e. The number of amides is 2. The van der Waals surface area contributed by atoms with Crippen LogP contribution >= 0.6 is 0 Å². The number of likely N-dealkylation sites (tertiary alicyclic amines) is 1. The summed E-state index contributed by atoms with van der Waals surface area (Å²) >= 11 is 0. The Morgan fingerprint density at radius 3 is 2.64 bits per heavy atom. The summed E-state index contributed by atoms with van der Waals surface area (Å²) in [5.74, 6) is -0.0293. The molecule has 3 N–H and O–H groups in total. The van der Waals surface area contributed by atoms with Crippen LogP contribution in [0.15, 0.2) is 47.1 Å². The molecule has 0 radical (unpaired) electrons. The number of nitrogens with zero attached hydrogens (tertiary/aromatic N) is 1. The van der Waals surface area contributed by atoms with E-state index in [0.29, 0.717) is 6.54 Å². The number of hydrogen-bond donors (Lipinski definition) is 3. The van der Waals surface area contributed by atoms with E-state index in [1.165, 1.54) is 29.2 Å². The van der Waals surface area contributed by atoms with Gasteiger partial charge >= 0.3 is 0 Å². The molecule has 2 aromatic rings. The van der Waals surface area contributed by atoms with Crippen LogP contribution in [-0.4, -0.2) is 42.9 Å². The first-order valence-electron chi connectivity index (χ1n) is 9.22. The van der Waals surface area contributed by atoms with E-state index in [-0.39, 0.29) is 29.7 Å². The third-order valence-corrected chi connectivity index (χ3v) is 4.86. The highest BCUT2D eigenvalue weighted by Crippen LogP contribution is 2.13. The molecule has 1 saturated heterocycles. The Morgan fingerprint density at radius 1 is 1.18 bits per heavy atom. The molecule has 9 nitrogen and oxygen atoms in total. The van der Waals surface area contributed by atoms with Crippen LogP contribution in [0.5, 0.6) is 0 Å². The molecule has 28 heavy (non-hydrogen) atoms. The fourth-order valence-electron chi connectivity index (χ4n) is 3.41. The molecule has 0 spiro atoms. The number of furan rings is 1. The zero-order valence-corrected chi connectivity index (χ0v) is 15.3. The molecule has 1 fully saturated rings. The van der Waals surface area contributed by atoms with E-state index < -0.39 is 10.8 Å². The lowest BCUT2D eigenvalue weighted by molar-refractivity contribution is -0.919. The summed E-state index contributed by atoms with van der Waals surface area (Å²) in [5, 5.41) is 16.1. The Hall–Kier alpha value is -3.20. The first-order valence-corrected chi connectivity index (χ1v) is 9.22. The number of rotatable bonds is 8. The lowest BCUT2D eigenvalue weighted by Crippen LogP contribution is -3.11. The third-order valence-electron chi connectivity index (χ3n) is 4.86. The van der Waals surface area contributed by atoms with Crippen molar-refractivity contribution in [2.75, 3.05) is 26.2 Å². The number of benzene rings is 1. The fourth-order valence-corrected chi connectivity index (χ4v) is 3.41. The van der Waals surface area contributed by atoms with Crippen LogP contribution in [0.4, 0.5) is 5.69 Å². The highest BCUT2D eigenvalue weighted by Gasteiger charge is 2.29. The average molecular weight is 387 g/mol. The maximum absolute atomic E-state index is 12.2. The molecule has 1 aromatic carbocycles. The van der Waals surface area contributed by atoms with E-state index in [2.05, 4.69) is 10.6 Å². The molecule has 1 aromatic heterocycles. The van der Waals surface area contributed by atoms with Gasteiger partial charge in [-0.1, -0.05) is 6.07 Å². The van der Waals surface area contributed by atoms with Crippen molar-refractivity contribution in [3.05, 3.63) is 64.1 Å². The van der Waals surface area contributed by atoms with Gasteiger partial charge in [-0.15, -0.1) is 0 Å². The summed E-state index contributed by atoms with van der Waals surface area (Å²) in [5.41, 5.74) is -0.0380. The lowest BCUT2D eigenvalue weighted by atomic mass is 10.2. The minimum atomic E-state index is -0.570. The van der Waals surface area contributed by atoms with Crippen molar-refractivity contribution in [2.24, 2.45) is 0 Å². The monoisotopic (exact) mass is 387 g/mol. The standard InChI is InChI=1S/C19H22N4O5/c24-18(13-21-19(25)14-5-3-6-15(11-14)23(26)27)20-12-16(17-7-4-10-28-17)22-8-1-2-9-22/h3-7,10-11,16H,1-2,8-9,12-13H2,(H,20,24)(H,21,25)/p+1/t16-/m0/s1. The molecular formula is C19H23N4O5+. The van der Waals surface area contributed by atoms with Crippen LogP contribution in [0, 0.1) is 10.1 Å². The van der Waals surface area contributed by atoms with Crippen molar-refractivity contribution in [1.29, 1.82) is 0 Å². The number of nitro benzene ring substituents is 1. The highest BCUT2D eigenvalue weighted by atomic mass is 16.6. The fraction of sp³-hybridized carbons (Fsp3) is 0.368. The smallest absolute Gasteiger partial charge is 0.270 e. The molecule has 0 saturated carbocycles. The Balaban J connectivity index is 1.51. The molecule has 0 bridgehead atoms. The Morgan fingerprint density at radius 2 is 1.96 bits per heavy atom. The molecule has 1 aliphatic rings. The molecular weight excluding hydrogens is 364 g/mol. The second kappa shape index (κ2) is 9.14. The minimum absolute atomic E-state index is 0.0360. The highest BCUT2D eigenvalue weighted by molar-refractivity contribution is 5.96. The number of carbonyl (C=O) groups is 2. The van der Waals surface area contributed by atoms with Gasteiger partial charge in [0.15, 0.2) is 11.8 Å². The van der Waals surface area contributed by atoms with E-state index in [9.17, 15) is 19.7 Å². The quantitative estimate of drug-likeness (QED) is 0.449. The lowest BCUT2D eigenvalue weighted by Gasteiger charge is -2.23. The molecule has 0 unspecified atom stereocenters. The van der Waals surface area contributed by atoms with Gasteiger partial charge in [0.25, 0.3) is 11.6 Å². The van der Waals surface area contributed by atoms with Gasteiger partial charge in [-0.2, -0.15) is 0 Å². The normalized spacial score (nSPS) is 15.1. The van der Waals surface area contributed by atoms with Crippen molar-refractivity contribution in [1.82, 2.24) is 10.6 Å². The Bertz CT molecular complexity index is 831. The summed E-state index contributed by atoms with van der Waals surface area (Å²) in [7, 11) is 0. The van der Waals surface area contributed by atoms with Gasteiger partial charge in [-0.3, -0.25) is 19.7 Å². The van der Waals surface area contributed by atoms with E-state index >= 15 is 0 Å². The molecule has 0 aliphatic carbocycles. The van der Waals surface area contributed by atoms with Gasteiger partial charge in [-0.05, 0) is 18.2 Å².